The summed E-state index contributed by atoms with van der Waals surface area (Å²) >= 11 is 0. The van der Waals surface area contributed by atoms with Gasteiger partial charge in [0, 0.05) is 37.9 Å². The number of carbonyl (C=O) groups excluding carboxylic acids is 3. The highest BCUT2D eigenvalue weighted by Crippen LogP contribution is 2.24. The second kappa shape index (κ2) is 20.4. The van der Waals surface area contributed by atoms with Gasteiger partial charge in [-0.1, -0.05) is 27.7 Å². The van der Waals surface area contributed by atoms with Crippen molar-refractivity contribution < 1.29 is 23.9 Å². The Bertz CT molecular complexity index is 475. The maximum Gasteiger partial charge on any atom is 0.222 e. The molecule has 0 aromatic heterocycles. The highest BCUT2D eigenvalue weighted by Gasteiger charge is 2.24. The predicted molar refractivity (Wildman–Crippen MR) is 126 cm³/mol. The monoisotopic (exact) mass is 444 g/mol. The summed E-state index contributed by atoms with van der Waals surface area (Å²) in [6, 6.07) is 0.347. The minimum absolute atomic E-state index is 0.00349. The fraction of sp³-hybridized carbons (Fsp3) is 0.875. The van der Waals surface area contributed by atoms with Crippen molar-refractivity contribution in [1.29, 1.82) is 0 Å². The third-order valence-electron chi connectivity index (χ3n) is 5.02. The average molecular weight is 445 g/mol. The zero-order chi connectivity index (χ0) is 24.2. The first-order valence-electron chi connectivity index (χ1n) is 12.0. The van der Waals surface area contributed by atoms with Gasteiger partial charge in [0.1, 0.15) is 5.78 Å². The lowest BCUT2D eigenvalue weighted by Crippen LogP contribution is -2.38. The molecule has 0 unspecified atom stereocenters. The Hall–Kier alpha value is -1.47. The first-order valence-corrected chi connectivity index (χ1v) is 12.0. The first-order chi connectivity index (χ1) is 14.8. The Morgan fingerprint density at radius 3 is 1.84 bits per heavy atom. The SMILES string of the molecule is CC.CC.CC(=O)C1CCC(NC(=O)CCOCCOCCN(C(C)=O)C(C)C)CC1. The number of ketones is 1. The Balaban J connectivity index is 0. The molecule has 0 aliphatic heterocycles. The van der Waals surface area contributed by atoms with E-state index in [1.807, 2.05) is 41.5 Å². The molecule has 0 aromatic carbocycles. The molecule has 0 spiro atoms. The molecule has 0 aromatic rings. The Kier molecular flexibility index (Phi) is 20.9. The summed E-state index contributed by atoms with van der Waals surface area (Å²) in [5.74, 6) is 0.472. The Morgan fingerprint density at radius 1 is 0.871 bits per heavy atom. The summed E-state index contributed by atoms with van der Waals surface area (Å²) in [6.45, 7) is 17.4. The molecule has 7 nitrogen and oxygen atoms in total. The average Bonchev–Trinajstić information content (AvgIpc) is 2.75. The van der Waals surface area contributed by atoms with Crippen LogP contribution < -0.4 is 5.32 Å². The van der Waals surface area contributed by atoms with Gasteiger partial charge in [-0.2, -0.15) is 0 Å². The van der Waals surface area contributed by atoms with Crippen molar-refractivity contribution in [2.75, 3.05) is 33.0 Å². The smallest absolute Gasteiger partial charge is 0.222 e. The molecule has 184 valence electrons. The van der Waals surface area contributed by atoms with Gasteiger partial charge in [-0.05, 0) is 46.5 Å². The van der Waals surface area contributed by atoms with Crippen LogP contribution in [0.1, 0.15) is 87.5 Å². The quantitative estimate of drug-likeness (QED) is 0.460. The number of hydrogen-bond donors (Lipinski definition) is 1. The minimum Gasteiger partial charge on any atom is -0.379 e. The number of rotatable bonds is 12. The van der Waals surface area contributed by atoms with Crippen molar-refractivity contribution in [3.63, 3.8) is 0 Å². The Labute approximate surface area is 190 Å². The van der Waals surface area contributed by atoms with Gasteiger partial charge in [0.25, 0.3) is 0 Å². The summed E-state index contributed by atoms with van der Waals surface area (Å²) in [5.41, 5.74) is 0. The number of hydrogen-bond acceptors (Lipinski definition) is 5. The highest BCUT2D eigenvalue weighted by molar-refractivity contribution is 5.78. The van der Waals surface area contributed by atoms with Crippen molar-refractivity contribution in [1.82, 2.24) is 10.2 Å². The van der Waals surface area contributed by atoms with Gasteiger partial charge in [0.05, 0.1) is 26.4 Å². The second-order valence-electron chi connectivity index (χ2n) is 7.51. The summed E-state index contributed by atoms with van der Waals surface area (Å²) in [4.78, 5) is 36.5. The predicted octanol–water partition coefficient (Wildman–Crippen LogP) is 3.98. The number of carbonyl (C=O) groups is 3. The molecule has 7 heteroatoms. The first kappa shape index (κ1) is 31.7. The topological polar surface area (TPSA) is 84.9 Å². The van der Waals surface area contributed by atoms with Gasteiger partial charge < -0.3 is 19.7 Å². The third-order valence-corrected chi connectivity index (χ3v) is 5.02. The van der Waals surface area contributed by atoms with Crippen LogP contribution in [0.15, 0.2) is 0 Å². The molecule has 1 aliphatic carbocycles. The molecule has 0 atom stereocenters. The summed E-state index contributed by atoms with van der Waals surface area (Å²) in [5, 5.41) is 3.02. The zero-order valence-electron chi connectivity index (χ0n) is 21.3. The van der Waals surface area contributed by atoms with E-state index in [1.54, 1.807) is 18.7 Å². The molecule has 1 aliphatic rings. The number of ether oxygens (including phenoxy) is 2. The van der Waals surface area contributed by atoms with Crippen molar-refractivity contribution >= 4 is 17.6 Å². The molecule has 1 fully saturated rings. The molecule has 1 rings (SSSR count). The van der Waals surface area contributed by atoms with Gasteiger partial charge in [-0.3, -0.25) is 14.4 Å². The van der Waals surface area contributed by atoms with Crippen LogP contribution in [0.2, 0.25) is 0 Å². The van der Waals surface area contributed by atoms with Crippen molar-refractivity contribution in [2.24, 2.45) is 5.92 Å². The molecule has 1 N–H and O–H groups in total. The number of nitrogens with one attached hydrogen (secondary N) is 1. The largest absolute Gasteiger partial charge is 0.379 e. The van der Waals surface area contributed by atoms with E-state index in [2.05, 4.69) is 5.32 Å². The van der Waals surface area contributed by atoms with E-state index in [0.29, 0.717) is 39.4 Å². The van der Waals surface area contributed by atoms with Crippen molar-refractivity contribution in [3.8, 4) is 0 Å². The maximum absolute atomic E-state index is 11.9. The molecular formula is C24H48N2O5. The van der Waals surface area contributed by atoms with Crippen LogP contribution in [0.25, 0.3) is 0 Å². The lowest BCUT2D eigenvalue weighted by atomic mass is 9.84. The van der Waals surface area contributed by atoms with Crippen LogP contribution in [-0.4, -0.2) is 67.6 Å². The van der Waals surface area contributed by atoms with Crippen molar-refractivity contribution in [2.45, 2.75) is 99.6 Å². The van der Waals surface area contributed by atoms with E-state index < -0.39 is 0 Å². The van der Waals surface area contributed by atoms with Gasteiger partial charge >= 0.3 is 0 Å². The number of amides is 2. The molecule has 2 amide bonds. The number of nitrogens with zero attached hydrogens (tertiary/aromatic N) is 1. The van der Waals surface area contributed by atoms with E-state index in [9.17, 15) is 14.4 Å². The molecule has 1 saturated carbocycles. The standard InChI is InChI=1S/C20H36N2O5.2C2H6/c1-15(2)22(17(4)24)10-12-27-14-13-26-11-9-20(25)21-19-7-5-18(6-8-19)16(3)23;2*1-2/h15,18-19H,5-14H2,1-4H3,(H,21,25);2*1-2H3. The second-order valence-corrected chi connectivity index (χ2v) is 7.51. The lowest BCUT2D eigenvalue weighted by molar-refractivity contribution is -0.131. The normalized spacial score (nSPS) is 17.6. The van der Waals surface area contributed by atoms with Crippen molar-refractivity contribution in [3.05, 3.63) is 0 Å². The van der Waals surface area contributed by atoms with Gasteiger partial charge in [-0.25, -0.2) is 0 Å². The van der Waals surface area contributed by atoms with E-state index >= 15 is 0 Å². The van der Waals surface area contributed by atoms with Crippen LogP contribution in [0.4, 0.5) is 0 Å². The molecule has 0 radical (unpaired) electrons. The van der Waals surface area contributed by atoms with Crippen LogP contribution in [-0.2, 0) is 23.9 Å². The highest BCUT2D eigenvalue weighted by atomic mass is 16.5. The molecule has 0 heterocycles. The van der Waals surface area contributed by atoms with Gasteiger partial charge in [0.15, 0.2) is 0 Å². The van der Waals surface area contributed by atoms with E-state index in [-0.39, 0.29) is 35.6 Å². The van der Waals surface area contributed by atoms with E-state index in [4.69, 9.17) is 9.47 Å². The summed E-state index contributed by atoms with van der Waals surface area (Å²) < 4.78 is 10.9. The van der Waals surface area contributed by atoms with Crippen LogP contribution in [0.3, 0.4) is 0 Å². The van der Waals surface area contributed by atoms with E-state index in [0.717, 1.165) is 25.7 Å². The molecule has 0 bridgehead atoms. The number of Topliss-reactive ketones (excluding diaryl/α,β-unsaturated/α-hetero) is 1. The minimum atomic E-state index is -0.00349. The summed E-state index contributed by atoms with van der Waals surface area (Å²) in [6.07, 6.45) is 3.81. The van der Waals surface area contributed by atoms with Crippen LogP contribution in [0, 0.1) is 5.92 Å². The third kappa shape index (κ3) is 15.9. The fourth-order valence-electron chi connectivity index (χ4n) is 3.37. The van der Waals surface area contributed by atoms with Crippen LogP contribution >= 0.6 is 0 Å². The van der Waals surface area contributed by atoms with Crippen LogP contribution in [0.5, 0.6) is 0 Å². The molecular weight excluding hydrogens is 396 g/mol. The molecule has 0 saturated heterocycles. The Morgan fingerprint density at radius 2 is 1.39 bits per heavy atom. The molecule has 31 heavy (non-hydrogen) atoms. The maximum atomic E-state index is 11.9. The fourth-order valence-corrected chi connectivity index (χ4v) is 3.37. The van der Waals surface area contributed by atoms with Gasteiger partial charge in [0.2, 0.25) is 11.8 Å². The summed E-state index contributed by atoms with van der Waals surface area (Å²) in [7, 11) is 0. The zero-order valence-corrected chi connectivity index (χ0v) is 21.3. The van der Waals surface area contributed by atoms with E-state index in [1.165, 1.54) is 0 Å². The lowest BCUT2D eigenvalue weighted by Gasteiger charge is -2.27. The van der Waals surface area contributed by atoms with Gasteiger partial charge in [-0.15, -0.1) is 0 Å².